The Morgan fingerprint density at radius 3 is 2.26 bits per heavy atom. The van der Waals surface area contributed by atoms with Crippen LogP contribution in [0.5, 0.6) is 0 Å². The van der Waals surface area contributed by atoms with Gasteiger partial charge >= 0.3 is 18.0 Å². The summed E-state index contributed by atoms with van der Waals surface area (Å²) in [5.41, 5.74) is 1.30. The number of amides is 1. The molecule has 0 aliphatic rings. The van der Waals surface area contributed by atoms with Crippen molar-refractivity contribution in [2.45, 2.75) is 25.6 Å². The molecule has 2 nitrogen and oxygen atoms in total. The summed E-state index contributed by atoms with van der Waals surface area (Å²) in [6.07, 6.45) is -5.88. The third-order valence-electron chi connectivity index (χ3n) is 2.47. The van der Waals surface area contributed by atoms with Crippen LogP contribution < -0.4 is 0 Å². The van der Waals surface area contributed by atoms with Crippen LogP contribution in [0.15, 0.2) is 24.3 Å². The number of hydrogen-bond acceptors (Lipinski definition) is 1. The predicted octanol–water partition coefficient (Wildman–Crippen LogP) is 3.15. The van der Waals surface area contributed by atoms with Gasteiger partial charge in [0.05, 0.1) is 0 Å². The Bertz CT molecular complexity index is 469. The Morgan fingerprint density at radius 2 is 1.79 bits per heavy atom. The van der Waals surface area contributed by atoms with E-state index in [1.165, 1.54) is 0 Å². The van der Waals surface area contributed by atoms with Gasteiger partial charge in [0.15, 0.2) is 0 Å². The first kappa shape index (κ1) is 15.4. The van der Waals surface area contributed by atoms with Crippen LogP contribution in [0.3, 0.4) is 0 Å². The zero-order valence-corrected chi connectivity index (χ0v) is 10.3. The summed E-state index contributed by atoms with van der Waals surface area (Å²) in [5, 5.41) is 0. The summed E-state index contributed by atoms with van der Waals surface area (Å²) < 4.78 is 61.8. The Balaban J connectivity index is 2.84. The van der Waals surface area contributed by atoms with E-state index in [1.807, 2.05) is 0 Å². The van der Waals surface area contributed by atoms with Gasteiger partial charge in [-0.05, 0) is 12.5 Å². The lowest BCUT2D eigenvalue weighted by Gasteiger charge is -2.25. The second kappa shape index (κ2) is 5.14. The lowest BCUT2D eigenvalue weighted by molar-refractivity contribution is -0.274. The largest absolute Gasteiger partial charge is 0.463 e. The third kappa shape index (κ3) is 3.42. The minimum Gasteiger partial charge on any atom is -0.336 e. The molecule has 1 aromatic rings. The lowest BCUT2D eigenvalue weighted by Crippen LogP contribution is -2.50. The van der Waals surface area contributed by atoms with Crippen molar-refractivity contribution in [3.05, 3.63) is 35.4 Å². The van der Waals surface area contributed by atoms with Gasteiger partial charge in [-0.2, -0.15) is 22.0 Å². The van der Waals surface area contributed by atoms with Crippen LogP contribution >= 0.6 is 0 Å². The molecule has 0 aromatic heterocycles. The van der Waals surface area contributed by atoms with E-state index < -0.39 is 18.0 Å². The maximum atomic E-state index is 12.8. The van der Waals surface area contributed by atoms with Crippen molar-refractivity contribution in [2.75, 3.05) is 7.05 Å². The van der Waals surface area contributed by atoms with E-state index in [4.69, 9.17) is 0 Å². The fourth-order valence-electron chi connectivity index (χ4n) is 1.52. The summed E-state index contributed by atoms with van der Waals surface area (Å²) in [7, 11) is 0.907. The molecule has 0 heterocycles. The first-order valence-corrected chi connectivity index (χ1v) is 5.31. The summed E-state index contributed by atoms with van der Waals surface area (Å²) in [5.74, 6) is -7.63. The van der Waals surface area contributed by atoms with E-state index in [2.05, 4.69) is 0 Å². The fraction of sp³-hybridized carbons (Fsp3) is 0.417. The van der Waals surface area contributed by atoms with Gasteiger partial charge in [-0.15, -0.1) is 0 Å². The smallest absolute Gasteiger partial charge is 0.336 e. The molecule has 0 aliphatic carbocycles. The van der Waals surface area contributed by atoms with Crippen molar-refractivity contribution in [3.8, 4) is 0 Å². The normalized spacial score (nSPS) is 12.4. The molecular formula is C12H12F5NO. The highest BCUT2D eigenvalue weighted by Gasteiger charge is 2.64. The number of carbonyl (C=O) groups is 1. The Labute approximate surface area is 106 Å². The summed E-state index contributed by atoms with van der Waals surface area (Å²) in [6.45, 7) is 1.43. The van der Waals surface area contributed by atoms with E-state index >= 15 is 0 Å². The molecule has 0 atom stereocenters. The van der Waals surface area contributed by atoms with Crippen molar-refractivity contribution in [2.24, 2.45) is 0 Å². The number of halogens is 5. The van der Waals surface area contributed by atoms with Crippen LogP contribution in [0.2, 0.25) is 0 Å². The van der Waals surface area contributed by atoms with Crippen LogP contribution in [0.1, 0.15) is 11.1 Å². The minimum atomic E-state index is -5.88. The molecule has 0 spiro atoms. The number of alkyl halides is 5. The number of carbonyl (C=O) groups excluding carboxylic acids is 1. The van der Waals surface area contributed by atoms with E-state index in [0.717, 1.165) is 12.6 Å². The number of rotatable bonds is 3. The van der Waals surface area contributed by atoms with Crippen molar-refractivity contribution in [1.29, 1.82) is 0 Å². The molecule has 0 unspecified atom stereocenters. The average molecular weight is 281 g/mol. The zero-order chi connectivity index (χ0) is 14.8. The van der Waals surface area contributed by atoms with Gasteiger partial charge in [0, 0.05) is 13.6 Å². The van der Waals surface area contributed by atoms with Crippen molar-refractivity contribution in [3.63, 3.8) is 0 Å². The second-order valence-corrected chi connectivity index (χ2v) is 4.22. The molecule has 106 valence electrons. The zero-order valence-electron chi connectivity index (χ0n) is 10.3. The van der Waals surface area contributed by atoms with Gasteiger partial charge < -0.3 is 4.90 Å². The van der Waals surface area contributed by atoms with Gasteiger partial charge in [0.1, 0.15) is 0 Å². The predicted molar refractivity (Wildman–Crippen MR) is 58.7 cm³/mol. The van der Waals surface area contributed by atoms with Crippen LogP contribution in [-0.4, -0.2) is 30.0 Å². The van der Waals surface area contributed by atoms with Crippen molar-refractivity contribution in [1.82, 2.24) is 4.90 Å². The first-order valence-electron chi connectivity index (χ1n) is 5.31. The van der Waals surface area contributed by atoms with Crippen molar-refractivity contribution >= 4 is 5.91 Å². The second-order valence-electron chi connectivity index (χ2n) is 4.22. The molecule has 1 rings (SSSR count). The highest BCUT2D eigenvalue weighted by atomic mass is 19.4. The third-order valence-corrected chi connectivity index (χ3v) is 2.47. The molecule has 0 bridgehead atoms. The van der Waals surface area contributed by atoms with E-state index in [0.29, 0.717) is 10.5 Å². The van der Waals surface area contributed by atoms with E-state index in [9.17, 15) is 26.7 Å². The summed E-state index contributed by atoms with van der Waals surface area (Å²) in [4.78, 5) is 11.5. The SMILES string of the molecule is Cc1cccc(CN(C)C(=O)C(F)(F)C(F)(F)F)c1. The summed E-state index contributed by atoms with van der Waals surface area (Å²) in [6, 6.07) is 6.53. The molecule has 7 heteroatoms. The monoisotopic (exact) mass is 281 g/mol. The Morgan fingerprint density at radius 1 is 1.21 bits per heavy atom. The maximum absolute atomic E-state index is 12.8. The van der Waals surface area contributed by atoms with Gasteiger partial charge in [-0.1, -0.05) is 29.8 Å². The molecular weight excluding hydrogens is 269 g/mol. The van der Waals surface area contributed by atoms with Gasteiger partial charge in [-0.3, -0.25) is 4.79 Å². The fourth-order valence-corrected chi connectivity index (χ4v) is 1.52. The molecule has 0 aliphatic heterocycles. The maximum Gasteiger partial charge on any atom is 0.463 e. The highest BCUT2D eigenvalue weighted by molar-refractivity contribution is 5.84. The van der Waals surface area contributed by atoms with Crippen LogP contribution in [0.4, 0.5) is 22.0 Å². The number of aryl methyl sites for hydroxylation is 1. The topological polar surface area (TPSA) is 20.3 Å². The number of hydrogen-bond donors (Lipinski definition) is 0. The molecule has 0 N–H and O–H groups in total. The van der Waals surface area contributed by atoms with Crippen molar-refractivity contribution < 1.29 is 26.7 Å². The molecule has 0 saturated heterocycles. The number of benzene rings is 1. The first-order chi connectivity index (χ1) is 8.55. The van der Waals surface area contributed by atoms with Crippen LogP contribution in [-0.2, 0) is 11.3 Å². The molecule has 0 saturated carbocycles. The highest BCUT2D eigenvalue weighted by Crippen LogP contribution is 2.36. The standard InChI is InChI=1S/C12H12F5NO/c1-8-4-3-5-9(6-8)7-18(2)10(19)11(13,14)12(15,16)17/h3-6H,7H2,1-2H3. The molecule has 0 fully saturated rings. The van der Waals surface area contributed by atoms with Gasteiger partial charge in [0.2, 0.25) is 0 Å². The molecule has 0 radical (unpaired) electrons. The molecule has 1 aromatic carbocycles. The Hall–Kier alpha value is -1.66. The van der Waals surface area contributed by atoms with Gasteiger partial charge in [-0.25, -0.2) is 0 Å². The minimum absolute atomic E-state index is 0.313. The average Bonchev–Trinajstić information content (AvgIpc) is 2.26. The Kier molecular flexibility index (Phi) is 4.17. The number of nitrogens with zero attached hydrogens (tertiary/aromatic N) is 1. The van der Waals surface area contributed by atoms with Crippen LogP contribution in [0, 0.1) is 6.92 Å². The van der Waals surface area contributed by atoms with E-state index in [-0.39, 0.29) is 6.54 Å². The molecule has 19 heavy (non-hydrogen) atoms. The van der Waals surface area contributed by atoms with Crippen LogP contribution in [0.25, 0.3) is 0 Å². The lowest BCUT2D eigenvalue weighted by atomic mass is 10.1. The quantitative estimate of drug-likeness (QED) is 0.779. The summed E-state index contributed by atoms with van der Waals surface area (Å²) >= 11 is 0. The molecule has 1 amide bonds. The van der Waals surface area contributed by atoms with E-state index in [1.54, 1.807) is 31.2 Å². The van der Waals surface area contributed by atoms with Gasteiger partial charge in [0.25, 0.3) is 0 Å².